The first kappa shape index (κ1) is 19.2. The third kappa shape index (κ3) is 3.21. The molecule has 0 radical (unpaired) electrons. The van der Waals surface area contributed by atoms with Gasteiger partial charge in [-0.05, 0) is 48.2 Å². The molecule has 0 saturated heterocycles. The predicted molar refractivity (Wildman–Crippen MR) is 118 cm³/mol. The number of fused-ring (bicyclic) bond motifs is 1. The van der Waals surface area contributed by atoms with Crippen molar-refractivity contribution in [2.75, 3.05) is 24.1 Å². The quantitative estimate of drug-likeness (QED) is 0.607. The van der Waals surface area contributed by atoms with E-state index in [-0.39, 0.29) is 12.5 Å². The van der Waals surface area contributed by atoms with E-state index in [1.54, 1.807) is 30.3 Å². The smallest absolute Gasteiger partial charge is 0.282 e. The predicted octanol–water partition coefficient (Wildman–Crippen LogP) is 4.19. The number of rotatable bonds is 5. The number of nitrogens with zero attached hydrogens (tertiary/aromatic N) is 1. The van der Waals surface area contributed by atoms with Gasteiger partial charge in [0.15, 0.2) is 11.5 Å². The minimum atomic E-state index is -0.449. The summed E-state index contributed by atoms with van der Waals surface area (Å²) in [7, 11) is 1.51. The molecule has 5 rings (SSSR count). The van der Waals surface area contributed by atoms with Gasteiger partial charge in [0, 0.05) is 16.6 Å². The monoisotopic (exact) mass is 434 g/mol. The SMILES string of the molecule is COc1ccc(C)cc1N1C(=O)C(Nc2ccc3c(c2)OCO3)=C(c2cccs2)C1=O. The number of carbonyl (C=O) groups excluding carboxylic acids is 2. The molecule has 1 N–H and O–H groups in total. The normalized spacial score (nSPS) is 15.1. The lowest BCUT2D eigenvalue weighted by molar-refractivity contribution is -0.120. The van der Waals surface area contributed by atoms with Gasteiger partial charge in [0.2, 0.25) is 6.79 Å². The number of hydrogen-bond acceptors (Lipinski definition) is 7. The fourth-order valence-electron chi connectivity index (χ4n) is 3.61. The summed E-state index contributed by atoms with van der Waals surface area (Å²) in [5.74, 6) is 0.812. The Morgan fingerprint density at radius 2 is 1.87 bits per heavy atom. The lowest BCUT2D eigenvalue weighted by Crippen LogP contribution is -2.32. The van der Waals surface area contributed by atoms with Gasteiger partial charge < -0.3 is 19.5 Å². The average Bonchev–Trinajstić information content (AvgIpc) is 3.49. The molecule has 0 bridgehead atoms. The summed E-state index contributed by atoms with van der Waals surface area (Å²) >= 11 is 1.40. The van der Waals surface area contributed by atoms with Gasteiger partial charge in [0.1, 0.15) is 11.4 Å². The van der Waals surface area contributed by atoms with Crippen LogP contribution in [0.3, 0.4) is 0 Å². The van der Waals surface area contributed by atoms with E-state index in [0.29, 0.717) is 39.1 Å². The number of imide groups is 1. The topological polar surface area (TPSA) is 77.1 Å². The summed E-state index contributed by atoms with van der Waals surface area (Å²) in [6.07, 6.45) is 0. The molecule has 0 unspecified atom stereocenters. The molecular formula is C23H18N2O5S. The number of hydrogen-bond donors (Lipinski definition) is 1. The average molecular weight is 434 g/mol. The molecule has 0 saturated carbocycles. The van der Waals surface area contributed by atoms with Gasteiger partial charge in [0.05, 0.1) is 18.4 Å². The van der Waals surface area contributed by atoms with Crippen LogP contribution in [0.5, 0.6) is 17.2 Å². The van der Waals surface area contributed by atoms with Crippen molar-refractivity contribution in [2.45, 2.75) is 6.92 Å². The minimum Gasteiger partial charge on any atom is -0.495 e. The molecule has 1 aromatic heterocycles. The van der Waals surface area contributed by atoms with Crippen molar-refractivity contribution in [1.29, 1.82) is 0 Å². The Labute approximate surface area is 182 Å². The summed E-state index contributed by atoms with van der Waals surface area (Å²) in [5, 5.41) is 5.01. The van der Waals surface area contributed by atoms with Crippen molar-refractivity contribution in [3.8, 4) is 17.2 Å². The molecule has 156 valence electrons. The molecule has 7 nitrogen and oxygen atoms in total. The third-order valence-corrected chi connectivity index (χ3v) is 5.96. The Balaban J connectivity index is 1.60. The zero-order valence-electron chi connectivity index (χ0n) is 16.8. The summed E-state index contributed by atoms with van der Waals surface area (Å²) in [6, 6.07) is 14.3. The van der Waals surface area contributed by atoms with Gasteiger partial charge in [-0.2, -0.15) is 0 Å². The van der Waals surface area contributed by atoms with Gasteiger partial charge in [-0.15, -0.1) is 11.3 Å². The van der Waals surface area contributed by atoms with Crippen LogP contribution in [0.1, 0.15) is 10.4 Å². The van der Waals surface area contributed by atoms with Crippen LogP contribution < -0.4 is 24.4 Å². The largest absolute Gasteiger partial charge is 0.495 e. The molecule has 2 aliphatic heterocycles. The van der Waals surface area contributed by atoms with E-state index < -0.39 is 11.8 Å². The second kappa shape index (κ2) is 7.48. The highest BCUT2D eigenvalue weighted by Gasteiger charge is 2.42. The van der Waals surface area contributed by atoms with Crippen LogP contribution in [0.4, 0.5) is 11.4 Å². The maximum absolute atomic E-state index is 13.5. The molecule has 0 spiro atoms. The molecule has 0 atom stereocenters. The Bertz CT molecular complexity index is 1230. The molecule has 8 heteroatoms. The number of methoxy groups -OCH3 is 1. The zero-order chi connectivity index (χ0) is 21.5. The highest BCUT2D eigenvalue weighted by Crippen LogP contribution is 2.40. The second-order valence-electron chi connectivity index (χ2n) is 7.04. The maximum Gasteiger partial charge on any atom is 0.282 e. The molecule has 0 aliphatic carbocycles. The van der Waals surface area contributed by atoms with Crippen LogP contribution in [-0.2, 0) is 9.59 Å². The fourth-order valence-corrected chi connectivity index (χ4v) is 4.38. The van der Waals surface area contributed by atoms with Crippen LogP contribution in [0.25, 0.3) is 5.57 Å². The molecule has 0 fully saturated rings. The second-order valence-corrected chi connectivity index (χ2v) is 7.99. The zero-order valence-corrected chi connectivity index (χ0v) is 17.6. The number of anilines is 2. The Kier molecular flexibility index (Phi) is 4.63. The summed E-state index contributed by atoms with van der Waals surface area (Å²) in [6.45, 7) is 2.05. The molecule has 2 aliphatic rings. The van der Waals surface area contributed by atoms with E-state index >= 15 is 0 Å². The van der Waals surface area contributed by atoms with Crippen LogP contribution >= 0.6 is 11.3 Å². The van der Waals surface area contributed by atoms with E-state index in [2.05, 4.69) is 5.32 Å². The van der Waals surface area contributed by atoms with Crippen LogP contribution in [0, 0.1) is 6.92 Å². The van der Waals surface area contributed by atoms with E-state index in [1.165, 1.54) is 18.4 Å². The van der Waals surface area contributed by atoms with Crippen LogP contribution in [0.2, 0.25) is 0 Å². The van der Waals surface area contributed by atoms with Crippen molar-refractivity contribution < 1.29 is 23.8 Å². The standard InChI is InChI=1S/C23H18N2O5S/c1-13-5-7-16(28-2)15(10-13)25-22(26)20(19-4-3-9-31-19)21(23(25)27)24-14-6-8-17-18(11-14)30-12-29-17/h3-11,24H,12H2,1-2H3. The number of ether oxygens (including phenoxy) is 3. The number of aryl methyl sites for hydroxylation is 1. The van der Waals surface area contributed by atoms with Gasteiger partial charge >= 0.3 is 0 Å². The molecule has 2 amide bonds. The first-order valence-corrected chi connectivity index (χ1v) is 10.4. The van der Waals surface area contributed by atoms with Gasteiger partial charge in [0.25, 0.3) is 11.8 Å². The number of amides is 2. The van der Waals surface area contributed by atoms with Crippen molar-refractivity contribution in [3.63, 3.8) is 0 Å². The van der Waals surface area contributed by atoms with Crippen LogP contribution in [-0.4, -0.2) is 25.7 Å². The van der Waals surface area contributed by atoms with Crippen molar-refractivity contribution in [3.05, 3.63) is 70.0 Å². The highest BCUT2D eigenvalue weighted by molar-refractivity contribution is 7.11. The third-order valence-electron chi connectivity index (χ3n) is 5.07. The number of carbonyl (C=O) groups is 2. The molecular weight excluding hydrogens is 416 g/mol. The number of nitrogens with one attached hydrogen (secondary N) is 1. The Hall–Kier alpha value is -3.78. The molecule has 2 aromatic carbocycles. The van der Waals surface area contributed by atoms with Crippen molar-refractivity contribution in [1.82, 2.24) is 0 Å². The van der Waals surface area contributed by atoms with E-state index in [9.17, 15) is 9.59 Å². The Morgan fingerprint density at radius 3 is 2.65 bits per heavy atom. The van der Waals surface area contributed by atoms with Crippen molar-refractivity contribution in [2.24, 2.45) is 0 Å². The lowest BCUT2D eigenvalue weighted by atomic mass is 10.1. The van der Waals surface area contributed by atoms with E-state index in [1.807, 2.05) is 30.5 Å². The number of benzene rings is 2. The first-order chi connectivity index (χ1) is 15.1. The molecule has 3 heterocycles. The van der Waals surface area contributed by atoms with Gasteiger partial charge in [-0.3, -0.25) is 9.59 Å². The summed E-state index contributed by atoms with van der Waals surface area (Å²) in [4.78, 5) is 28.9. The minimum absolute atomic E-state index is 0.153. The Morgan fingerprint density at radius 1 is 1.03 bits per heavy atom. The fraction of sp³-hybridized carbons (Fsp3) is 0.130. The van der Waals surface area contributed by atoms with E-state index in [4.69, 9.17) is 14.2 Å². The maximum atomic E-state index is 13.5. The number of thiophene rings is 1. The van der Waals surface area contributed by atoms with Crippen molar-refractivity contribution >= 4 is 40.1 Å². The lowest BCUT2D eigenvalue weighted by Gasteiger charge is -2.19. The van der Waals surface area contributed by atoms with Crippen LogP contribution in [0.15, 0.2) is 59.6 Å². The molecule has 31 heavy (non-hydrogen) atoms. The summed E-state index contributed by atoms with van der Waals surface area (Å²) < 4.78 is 16.2. The molecule has 3 aromatic rings. The summed E-state index contributed by atoms with van der Waals surface area (Å²) in [5.41, 5.74) is 2.46. The van der Waals surface area contributed by atoms with Gasteiger partial charge in [-0.25, -0.2) is 4.90 Å². The van der Waals surface area contributed by atoms with E-state index in [0.717, 1.165) is 10.5 Å². The highest BCUT2D eigenvalue weighted by atomic mass is 32.1. The van der Waals surface area contributed by atoms with Gasteiger partial charge in [-0.1, -0.05) is 12.1 Å². The first-order valence-electron chi connectivity index (χ1n) is 9.55.